The van der Waals surface area contributed by atoms with Crippen molar-refractivity contribution in [1.82, 2.24) is 0 Å². The molecule has 0 aromatic heterocycles. The number of hydrogen-bond donors (Lipinski definition) is 1. The second kappa shape index (κ2) is 6.82. The van der Waals surface area contributed by atoms with Crippen LogP contribution in [0.25, 0.3) is 0 Å². The van der Waals surface area contributed by atoms with Crippen LogP contribution in [0.1, 0.15) is 47.0 Å². The number of esters is 1. The van der Waals surface area contributed by atoms with Gasteiger partial charge in [0.05, 0.1) is 5.92 Å². The molecule has 0 aromatic rings. The zero-order valence-electron chi connectivity index (χ0n) is 9.62. The first-order valence-corrected chi connectivity index (χ1v) is 5.37. The summed E-state index contributed by atoms with van der Waals surface area (Å²) in [6.45, 7) is 7.78. The maximum Gasteiger partial charge on any atom is 0.311 e. The van der Waals surface area contributed by atoms with Gasteiger partial charge in [0, 0.05) is 6.42 Å². The Labute approximate surface area is 86.5 Å². The summed E-state index contributed by atoms with van der Waals surface area (Å²) < 4.78 is 4.89. The third-order valence-electron chi connectivity index (χ3n) is 2.43. The van der Waals surface area contributed by atoms with E-state index in [9.17, 15) is 9.90 Å². The number of unbranched alkanes of at least 4 members (excludes halogenated alkanes) is 1. The van der Waals surface area contributed by atoms with Crippen LogP contribution >= 0.6 is 0 Å². The fourth-order valence-corrected chi connectivity index (χ4v) is 0.951. The van der Waals surface area contributed by atoms with Gasteiger partial charge >= 0.3 is 5.97 Å². The first-order chi connectivity index (χ1) is 6.49. The highest BCUT2D eigenvalue weighted by Gasteiger charge is 2.20. The molecule has 14 heavy (non-hydrogen) atoms. The fraction of sp³-hybridized carbons (Fsp3) is 0.909. The quantitative estimate of drug-likeness (QED) is 0.531. The minimum Gasteiger partial charge on any atom is -0.436 e. The van der Waals surface area contributed by atoms with Gasteiger partial charge in [-0.3, -0.25) is 4.79 Å². The molecule has 0 rings (SSSR count). The van der Waals surface area contributed by atoms with Gasteiger partial charge in [0.2, 0.25) is 6.29 Å². The van der Waals surface area contributed by atoms with Crippen LogP contribution in [-0.4, -0.2) is 17.4 Å². The van der Waals surface area contributed by atoms with Gasteiger partial charge in [0.15, 0.2) is 0 Å². The van der Waals surface area contributed by atoms with Crippen LogP contribution < -0.4 is 0 Å². The number of aliphatic hydroxyl groups is 1. The van der Waals surface area contributed by atoms with E-state index in [4.69, 9.17) is 4.74 Å². The lowest BCUT2D eigenvalue weighted by atomic mass is 9.99. The van der Waals surface area contributed by atoms with Gasteiger partial charge in [-0.2, -0.15) is 0 Å². The predicted octanol–water partition coefficient (Wildman–Crippen LogP) is 2.33. The molecule has 2 atom stereocenters. The highest BCUT2D eigenvalue weighted by molar-refractivity contribution is 5.72. The summed E-state index contributed by atoms with van der Waals surface area (Å²) in [5.74, 6) is -0.198. The third-order valence-corrected chi connectivity index (χ3v) is 2.43. The number of aliphatic hydroxyl groups excluding tert-OH is 1. The van der Waals surface area contributed by atoms with Crippen molar-refractivity contribution in [2.24, 2.45) is 11.8 Å². The Kier molecular flexibility index (Phi) is 6.54. The number of carbonyl (C=O) groups is 1. The van der Waals surface area contributed by atoms with Crippen molar-refractivity contribution in [3.63, 3.8) is 0 Å². The second-order valence-electron chi connectivity index (χ2n) is 4.07. The Morgan fingerprint density at radius 1 is 1.36 bits per heavy atom. The van der Waals surface area contributed by atoms with Crippen LogP contribution in [0.15, 0.2) is 0 Å². The average Bonchev–Trinajstić information content (AvgIpc) is 2.13. The number of rotatable bonds is 6. The van der Waals surface area contributed by atoms with Crippen LogP contribution in [-0.2, 0) is 9.53 Å². The van der Waals surface area contributed by atoms with Crippen LogP contribution in [0.3, 0.4) is 0 Å². The van der Waals surface area contributed by atoms with E-state index in [2.05, 4.69) is 0 Å². The van der Waals surface area contributed by atoms with Crippen molar-refractivity contribution in [2.45, 2.75) is 53.2 Å². The van der Waals surface area contributed by atoms with Crippen molar-refractivity contribution in [2.75, 3.05) is 0 Å². The molecule has 1 N–H and O–H groups in total. The lowest BCUT2D eigenvalue weighted by molar-refractivity contribution is -0.174. The van der Waals surface area contributed by atoms with E-state index in [-0.39, 0.29) is 17.8 Å². The van der Waals surface area contributed by atoms with Crippen LogP contribution in [0.5, 0.6) is 0 Å². The Morgan fingerprint density at radius 2 is 1.93 bits per heavy atom. The van der Waals surface area contributed by atoms with E-state index < -0.39 is 6.29 Å². The molecule has 0 fully saturated rings. The summed E-state index contributed by atoms with van der Waals surface area (Å²) in [7, 11) is 0. The van der Waals surface area contributed by atoms with E-state index in [0.29, 0.717) is 6.42 Å². The Morgan fingerprint density at radius 3 is 2.36 bits per heavy atom. The predicted molar refractivity (Wildman–Crippen MR) is 55.6 cm³/mol. The third kappa shape index (κ3) is 5.22. The molecular weight excluding hydrogens is 180 g/mol. The summed E-state index contributed by atoms with van der Waals surface area (Å²) in [5, 5.41) is 9.34. The second-order valence-corrected chi connectivity index (χ2v) is 4.07. The Hall–Kier alpha value is -0.570. The summed E-state index contributed by atoms with van der Waals surface area (Å²) in [6, 6.07) is 0. The van der Waals surface area contributed by atoms with Gasteiger partial charge in [-0.1, -0.05) is 34.1 Å². The molecule has 3 nitrogen and oxygen atoms in total. The molecule has 0 aliphatic heterocycles. The molecule has 0 aliphatic carbocycles. The molecule has 84 valence electrons. The fourth-order valence-electron chi connectivity index (χ4n) is 0.951. The molecule has 0 saturated heterocycles. The van der Waals surface area contributed by atoms with Gasteiger partial charge in [-0.25, -0.2) is 0 Å². The lowest BCUT2D eigenvalue weighted by Crippen LogP contribution is -2.25. The van der Waals surface area contributed by atoms with E-state index in [1.807, 2.05) is 27.7 Å². The topological polar surface area (TPSA) is 46.5 Å². The van der Waals surface area contributed by atoms with Crippen molar-refractivity contribution < 1.29 is 14.6 Å². The van der Waals surface area contributed by atoms with Gasteiger partial charge in [0.1, 0.15) is 0 Å². The minimum atomic E-state index is -0.927. The van der Waals surface area contributed by atoms with Crippen molar-refractivity contribution in [1.29, 1.82) is 0 Å². The van der Waals surface area contributed by atoms with Crippen molar-refractivity contribution in [3.8, 4) is 0 Å². The van der Waals surface area contributed by atoms with Crippen LogP contribution in [0.2, 0.25) is 0 Å². The molecule has 0 aliphatic rings. The molecule has 0 radical (unpaired) electrons. The number of ether oxygens (including phenoxy) is 1. The molecule has 3 heteroatoms. The van der Waals surface area contributed by atoms with E-state index in [0.717, 1.165) is 12.8 Å². The van der Waals surface area contributed by atoms with Crippen LogP contribution in [0, 0.1) is 11.8 Å². The lowest BCUT2D eigenvalue weighted by Gasteiger charge is -2.17. The number of carbonyl (C=O) groups excluding carboxylic acids is 1. The highest BCUT2D eigenvalue weighted by Crippen LogP contribution is 2.13. The average molecular weight is 202 g/mol. The normalized spacial score (nSPS) is 15.3. The summed E-state index contributed by atoms with van der Waals surface area (Å²) in [5.41, 5.74) is 0. The molecule has 0 amide bonds. The summed E-state index contributed by atoms with van der Waals surface area (Å²) in [4.78, 5) is 11.4. The standard InChI is InChI=1S/C11H22O3/c1-5-6-7-10(12)14-11(13)9(4)8(2)3/h8-10,12H,5-7H2,1-4H3. The highest BCUT2D eigenvalue weighted by atomic mass is 16.6. The molecule has 0 aromatic carbocycles. The smallest absolute Gasteiger partial charge is 0.311 e. The maximum atomic E-state index is 11.4. The molecule has 2 unspecified atom stereocenters. The number of hydrogen-bond acceptors (Lipinski definition) is 3. The maximum absolute atomic E-state index is 11.4. The van der Waals surface area contributed by atoms with Gasteiger partial charge in [0.25, 0.3) is 0 Å². The molecule has 0 spiro atoms. The minimum absolute atomic E-state index is 0.147. The van der Waals surface area contributed by atoms with E-state index >= 15 is 0 Å². The largest absolute Gasteiger partial charge is 0.436 e. The zero-order valence-corrected chi connectivity index (χ0v) is 9.62. The molecule has 0 bridgehead atoms. The Balaban J connectivity index is 3.81. The Bertz CT molecular complexity index is 166. The molecule has 0 heterocycles. The zero-order chi connectivity index (χ0) is 11.1. The summed E-state index contributed by atoms with van der Waals surface area (Å²) >= 11 is 0. The molecular formula is C11H22O3. The monoisotopic (exact) mass is 202 g/mol. The van der Waals surface area contributed by atoms with Gasteiger partial charge in [-0.05, 0) is 12.3 Å². The first kappa shape index (κ1) is 13.4. The molecule has 0 saturated carbocycles. The van der Waals surface area contributed by atoms with Crippen LogP contribution in [0.4, 0.5) is 0 Å². The van der Waals surface area contributed by atoms with Crippen molar-refractivity contribution in [3.05, 3.63) is 0 Å². The van der Waals surface area contributed by atoms with Gasteiger partial charge < -0.3 is 9.84 Å². The van der Waals surface area contributed by atoms with E-state index in [1.165, 1.54) is 0 Å². The summed E-state index contributed by atoms with van der Waals surface area (Å²) in [6.07, 6.45) is 1.48. The SMILES string of the molecule is CCCCC(O)OC(=O)C(C)C(C)C. The van der Waals surface area contributed by atoms with E-state index in [1.54, 1.807) is 0 Å². The first-order valence-electron chi connectivity index (χ1n) is 5.37. The van der Waals surface area contributed by atoms with Gasteiger partial charge in [-0.15, -0.1) is 0 Å². The van der Waals surface area contributed by atoms with Crippen molar-refractivity contribution >= 4 is 5.97 Å².